The highest BCUT2D eigenvalue weighted by atomic mass is 79.9. The average molecular weight is 299 g/mol. The monoisotopic (exact) mass is 298 g/mol. The van der Waals surface area contributed by atoms with E-state index in [-0.39, 0.29) is 6.61 Å². The Labute approximate surface area is 111 Å². The van der Waals surface area contributed by atoms with E-state index in [4.69, 9.17) is 0 Å². The third-order valence-corrected chi connectivity index (χ3v) is 3.98. The quantitative estimate of drug-likeness (QED) is 0.924. The number of halogens is 1. The number of anilines is 1. The van der Waals surface area contributed by atoms with Crippen molar-refractivity contribution in [3.8, 4) is 0 Å². The summed E-state index contributed by atoms with van der Waals surface area (Å²) in [6, 6.07) is 8.71. The van der Waals surface area contributed by atoms with E-state index in [1.165, 1.54) is 5.69 Å². The van der Waals surface area contributed by atoms with Crippen molar-refractivity contribution in [2.45, 2.75) is 12.5 Å². The Hall–Kier alpha value is -0.580. The standard InChI is InChI=1S/C13H19BrN2O/c1-15-7-8-16(11(10-15)6-9-17)13-5-3-2-4-12(13)14/h2-5,11,17H,6-10H2,1H3. The lowest BCUT2D eigenvalue weighted by atomic mass is 10.1. The van der Waals surface area contributed by atoms with Crippen LogP contribution in [-0.4, -0.2) is 49.3 Å². The number of benzene rings is 1. The zero-order chi connectivity index (χ0) is 12.3. The van der Waals surface area contributed by atoms with Crippen molar-refractivity contribution >= 4 is 21.6 Å². The Morgan fingerprint density at radius 3 is 2.82 bits per heavy atom. The predicted molar refractivity (Wildman–Crippen MR) is 74.5 cm³/mol. The summed E-state index contributed by atoms with van der Waals surface area (Å²) in [6.07, 6.45) is 0.825. The number of hydrogen-bond donors (Lipinski definition) is 1. The fourth-order valence-electron chi connectivity index (χ4n) is 2.41. The molecule has 94 valence electrons. The molecule has 1 saturated heterocycles. The first-order chi connectivity index (χ1) is 8.22. The molecule has 2 rings (SSSR count). The Morgan fingerprint density at radius 2 is 2.12 bits per heavy atom. The lowest BCUT2D eigenvalue weighted by Gasteiger charge is -2.41. The van der Waals surface area contributed by atoms with Crippen LogP contribution >= 0.6 is 15.9 Å². The maximum Gasteiger partial charge on any atom is 0.0514 e. The largest absolute Gasteiger partial charge is 0.396 e. The molecule has 3 nitrogen and oxygen atoms in total. The van der Waals surface area contributed by atoms with Crippen LogP contribution < -0.4 is 4.90 Å². The topological polar surface area (TPSA) is 26.7 Å². The third kappa shape index (κ3) is 3.00. The highest BCUT2D eigenvalue weighted by Gasteiger charge is 2.25. The molecule has 1 aromatic carbocycles. The number of rotatable bonds is 3. The van der Waals surface area contributed by atoms with Crippen molar-refractivity contribution in [3.05, 3.63) is 28.7 Å². The maximum absolute atomic E-state index is 9.18. The molecule has 1 aliphatic heterocycles. The van der Waals surface area contributed by atoms with Crippen molar-refractivity contribution in [3.63, 3.8) is 0 Å². The number of nitrogens with zero attached hydrogens (tertiary/aromatic N) is 2. The van der Waals surface area contributed by atoms with Gasteiger partial charge in [0, 0.05) is 36.8 Å². The van der Waals surface area contributed by atoms with Gasteiger partial charge in [-0.1, -0.05) is 12.1 Å². The van der Waals surface area contributed by atoms with Gasteiger partial charge < -0.3 is 14.9 Å². The third-order valence-electron chi connectivity index (χ3n) is 3.31. The fourth-order valence-corrected chi connectivity index (χ4v) is 2.92. The molecule has 0 radical (unpaired) electrons. The van der Waals surface area contributed by atoms with Gasteiger partial charge in [0.25, 0.3) is 0 Å². The van der Waals surface area contributed by atoms with E-state index in [0.717, 1.165) is 30.5 Å². The van der Waals surface area contributed by atoms with Gasteiger partial charge in [0.2, 0.25) is 0 Å². The Balaban J connectivity index is 2.20. The SMILES string of the molecule is CN1CCN(c2ccccc2Br)C(CCO)C1. The van der Waals surface area contributed by atoms with Gasteiger partial charge in [-0.25, -0.2) is 0 Å². The summed E-state index contributed by atoms with van der Waals surface area (Å²) in [7, 11) is 2.14. The normalized spacial score (nSPS) is 21.8. The second-order valence-corrected chi connectivity index (χ2v) is 5.43. The Bertz CT molecular complexity index is 372. The summed E-state index contributed by atoms with van der Waals surface area (Å²) in [5, 5.41) is 9.18. The molecule has 1 fully saturated rings. The van der Waals surface area contributed by atoms with Crippen LogP contribution in [0.3, 0.4) is 0 Å². The van der Waals surface area contributed by atoms with Gasteiger partial charge in [-0.05, 0) is 41.5 Å². The van der Waals surface area contributed by atoms with Crippen LogP contribution in [0.5, 0.6) is 0 Å². The zero-order valence-electron chi connectivity index (χ0n) is 10.1. The number of aliphatic hydroxyl groups excluding tert-OH is 1. The summed E-state index contributed by atoms with van der Waals surface area (Å²) < 4.78 is 1.13. The highest BCUT2D eigenvalue weighted by Crippen LogP contribution is 2.29. The van der Waals surface area contributed by atoms with Crippen LogP contribution in [-0.2, 0) is 0 Å². The molecule has 1 heterocycles. The maximum atomic E-state index is 9.18. The van der Waals surface area contributed by atoms with Gasteiger partial charge in [-0.3, -0.25) is 0 Å². The van der Waals surface area contributed by atoms with E-state index in [1.807, 2.05) is 6.07 Å². The molecule has 17 heavy (non-hydrogen) atoms. The smallest absolute Gasteiger partial charge is 0.0514 e. The van der Waals surface area contributed by atoms with Crippen LogP contribution in [0.4, 0.5) is 5.69 Å². The highest BCUT2D eigenvalue weighted by molar-refractivity contribution is 9.10. The number of likely N-dealkylation sites (N-methyl/N-ethyl adjacent to an activating group) is 1. The second kappa shape index (κ2) is 5.85. The first-order valence-corrected chi connectivity index (χ1v) is 6.82. The summed E-state index contributed by atoms with van der Waals surface area (Å²) in [4.78, 5) is 4.73. The molecule has 1 aromatic rings. The molecule has 0 amide bonds. The minimum absolute atomic E-state index is 0.249. The molecular weight excluding hydrogens is 280 g/mol. The van der Waals surface area contributed by atoms with Gasteiger partial charge in [0.05, 0.1) is 5.69 Å². The van der Waals surface area contributed by atoms with Crippen LogP contribution in [0, 0.1) is 0 Å². The van der Waals surface area contributed by atoms with Crippen molar-refractivity contribution in [1.29, 1.82) is 0 Å². The number of para-hydroxylation sites is 1. The fraction of sp³-hybridized carbons (Fsp3) is 0.538. The minimum Gasteiger partial charge on any atom is -0.396 e. The lowest BCUT2D eigenvalue weighted by Crippen LogP contribution is -2.52. The molecule has 0 bridgehead atoms. The molecule has 0 saturated carbocycles. The zero-order valence-corrected chi connectivity index (χ0v) is 11.7. The van der Waals surface area contributed by atoms with Crippen molar-refractivity contribution in [2.75, 3.05) is 38.2 Å². The van der Waals surface area contributed by atoms with Crippen LogP contribution in [0.1, 0.15) is 6.42 Å². The van der Waals surface area contributed by atoms with Crippen LogP contribution in [0.2, 0.25) is 0 Å². The molecular formula is C13H19BrN2O. The molecule has 0 aliphatic carbocycles. The number of piperazine rings is 1. The lowest BCUT2D eigenvalue weighted by molar-refractivity contribution is 0.219. The van der Waals surface area contributed by atoms with E-state index in [0.29, 0.717) is 6.04 Å². The summed E-state index contributed by atoms with van der Waals surface area (Å²) in [6.45, 7) is 3.36. The van der Waals surface area contributed by atoms with Gasteiger partial charge in [-0.2, -0.15) is 0 Å². The Kier molecular flexibility index (Phi) is 4.42. The summed E-state index contributed by atoms with van der Waals surface area (Å²) in [5.74, 6) is 0. The molecule has 0 spiro atoms. The Morgan fingerprint density at radius 1 is 1.35 bits per heavy atom. The second-order valence-electron chi connectivity index (χ2n) is 4.57. The average Bonchev–Trinajstić information content (AvgIpc) is 2.31. The van der Waals surface area contributed by atoms with Crippen LogP contribution in [0.15, 0.2) is 28.7 Å². The number of hydrogen-bond acceptors (Lipinski definition) is 3. The minimum atomic E-state index is 0.249. The van der Waals surface area contributed by atoms with Crippen molar-refractivity contribution in [2.24, 2.45) is 0 Å². The van der Waals surface area contributed by atoms with E-state index < -0.39 is 0 Å². The van der Waals surface area contributed by atoms with Gasteiger partial charge in [0.1, 0.15) is 0 Å². The van der Waals surface area contributed by atoms with E-state index in [2.05, 4.69) is 51.0 Å². The summed E-state index contributed by atoms with van der Waals surface area (Å²) in [5.41, 5.74) is 1.24. The van der Waals surface area contributed by atoms with E-state index in [1.54, 1.807) is 0 Å². The molecule has 1 atom stereocenters. The first kappa shape index (κ1) is 12.9. The van der Waals surface area contributed by atoms with E-state index >= 15 is 0 Å². The van der Waals surface area contributed by atoms with Crippen molar-refractivity contribution in [1.82, 2.24) is 4.90 Å². The molecule has 1 aliphatic rings. The van der Waals surface area contributed by atoms with E-state index in [9.17, 15) is 5.11 Å². The predicted octanol–water partition coefficient (Wildman–Crippen LogP) is 1.95. The van der Waals surface area contributed by atoms with Gasteiger partial charge >= 0.3 is 0 Å². The molecule has 4 heteroatoms. The molecule has 0 aromatic heterocycles. The van der Waals surface area contributed by atoms with Crippen LogP contribution in [0.25, 0.3) is 0 Å². The van der Waals surface area contributed by atoms with Gasteiger partial charge in [-0.15, -0.1) is 0 Å². The van der Waals surface area contributed by atoms with Crippen molar-refractivity contribution < 1.29 is 5.11 Å². The molecule has 1 unspecified atom stereocenters. The molecule has 1 N–H and O–H groups in total. The number of aliphatic hydroxyl groups is 1. The van der Waals surface area contributed by atoms with Gasteiger partial charge in [0.15, 0.2) is 0 Å². The summed E-state index contributed by atoms with van der Waals surface area (Å²) >= 11 is 3.61. The first-order valence-electron chi connectivity index (χ1n) is 6.03.